The maximum atomic E-state index is 3.56. The SMILES string of the molecule is CC(C)CSc1cccc(CNC2CC2)c1. The zero-order valence-corrected chi connectivity index (χ0v) is 11.0. The summed E-state index contributed by atoms with van der Waals surface area (Å²) in [6.07, 6.45) is 2.73. The Kier molecular flexibility index (Phi) is 4.30. The number of thioether (sulfide) groups is 1. The Balaban J connectivity index is 1.84. The van der Waals surface area contributed by atoms with Gasteiger partial charge in [-0.15, -0.1) is 11.8 Å². The van der Waals surface area contributed by atoms with Crippen molar-refractivity contribution in [3.8, 4) is 0 Å². The normalized spacial score (nSPS) is 15.7. The second-order valence-corrected chi connectivity index (χ2v) is 6.10. The minimum absolute atomic E-state index is 0.762. The van der Waals surface area contributed by atoms with Gasteiger partial charge < -0.3 is 5.32 Å². The van der Waals surface area contributed by atoms with Crippen LogP contribution in [0, 0.1) is 5.92 Å². The first-order valence-corrected chi connectivity index (χ1v) is 7.17. The van der Waals surface area contributed by atoms with E-state index in [-0.39, 0.29) is 0 Å². The molecule has 1 aromatic rings. The maximum absolute atomic E-state index is 3.56. The molecular weight excluding hydrogens is 214 g/mol. The van der Waals surface area contributed by atoms with Crippen LogP contribution in [0.25, 0.3) is 0 Å². The summed E-state index contributed by atoms with van der Waals surface area (Å²) in [6, 6.07) is 9.73. The molecule has 2 rings (SSSR count). The summed E-state index contributed by atoms with van der Waals surface area (Å²) in [5.41, 5.74) is 1.42. The molecule has 1 aliphatic rings. The van der Waals surface area contributed by atoms with Crippen LogP contribution in [0.2, 0.25) is 0 Å². The fourth-order valence-corrected chi connectivity index (χ4v) is 2.49. The van der Waals surface area contributed by atoms with Gasteiger partial charge in [-0.05, 0) is 36.5 Å². The maximum Gasteiger partial charge on any atom is 0.0208 e. The van der Waals surface area contributed by atoms with Crippen molar-refractivity contribution in [2.45, 2.75) is 44.2 Å². The minimum Gasteiger partial charge on any atom is -0.310 e. The van der Waals surface area contributed by atoms with Crippen LogP contribution in [0.3, 0.4) is 0 Å². The van der Waals surface area contributed by atoms with Gasteiger partial charge in [-0.2, -0.15) is 0 Å². The van der Waals surface area contributed by atoms with Crippen molar-refractivity contribution < 1.29 is 0 Å². The smallest absolute Gasteiger partial charge is 0.0208 e. The van der Waals surface area contributed by atoms with E-state index >= 15 is 0 Å². The lowest BCUT2D eigenvalue weighted by molar-refractivity contribution is 0.687. The second-order valence-electron chi connectivity index (χ2n) is 5.01. The van der Waals surface area contributed by atoms with Crippen molar-refractivity contribution in [3.05, 3.63) is 29.8 Å². The molecular formula is C14H21NS. The lowest BCUT2D eigenvalue weighted by Crippen LogP contribution is -2.15. The molecule has 0 aliphatic heterocycles. The molecule has 1 aromatic carbocycles. The third kappa shape index (κ3) is 4.18. The topological polar surface area (TPSA) is 12.0 Å². The number of benzene rings is 1. The fraction of sp³-hybridized carbons (Fsp3) is 0.571. The zero-order valence-electron chi connectivity index (χ0n) is 10.2. The van der Waals surface area contributed by atoms with Crippen LogP contribution < -0.4 is 5.32 Å². The molecule has 0 radical (unpaired) electrons. The molecule has 0 heterocycles. The molecule has 0 aromatic heterocycles. The molecule has 0 amide bonds. The average molecular weight is 235 g/mol. The van der Waals surface area contributed by atoms with Gasteiger partial charge in [0.2, 0.25) is 0 Å². The highest BCUT2D eigenvalue weighted by Gasteiger charge is 2.19. The number of hydrogen-bond acceptors (Lipinski definition) is 2. The average Bonchev–Trinajstić information content (AvgIpc) is 3.08. The number of hydrogen-bond donors (Lipinski definition) is 1. The first-order chi connectivity index (χ1) is 7.74. The van der Waals surface area contributed by atoms with E-state index < -0.39 is 0 Å². The molecule has 1 aliphatic carbocycles. The van der Waals surface area contributed by atoms with Crippen LogP contribution >= 0.6 is 11.8 Å². The highest BCUT2D eigenvalue weighted by Crippen LogP contribution is 2.23. The summed E-state index contributed by atoms with van der Waals surface area (Å²) in [7, 11) is 0. The van der Waals surface area contributed by atoms with Gasteiger partial charge in [0.05, 0.1) is 0 Å². The molecule has 1 saturated carbocycles. The Morgan fingerprint density at radius 3 is 2.88 bits per heavy atom. The van der Waals surface area contributed by atoms with E-state index in [0.29, 0.717) is 0 Å². The molecule has 0 atom stereocenters. The quantitative estimate of drug-likeness (QED) is 0.755. The number of nitrogens with one attached hydrogen (secondary N) is 1. The molecule has 16 heavy (non-hydrogen) atoms. The van der Waals surface area contributed by atoms with Gasteiger partial charge in [-0.25, -0.2) is 0 Å². The Morgan fingerprint density at radius 2 is 2.19 bits per heavy atom. The summed E-state index contributed by atoms with van der Waals surface area (Å²) in [5.74, 6) is 1.97. The summed E-state index contributed by atoms with van der Waals surface area (Å²) in [5, 5.41) is 3.56. The molecule has 1 N–H and O–H groups in total. The van der Waals surface area contributed by atoms with Gasteiger partial charge in [0.25, 0.3) is 0 Å². The number of rotatable bonds is 6. The molecule has 0 saturated heterocycles. The molecule has 1 fully saturated rings. The van der Waals surface area contributed by atoms with Gasteiger partial charge in [0.1, 0.15) is 0 Å². The summed E-state index contributed by atoms with van der Waals surface area (Å²) in [6.45, 7) is 5.57. The van der Waals surface area contributed by atoms with Gasteiger partial charge in [0, 0.05) is 23.2 Å². The van der Waals surface area contributed by atoms with Crippen molar-refractivity contribution in [2.75, 3.05) is 5.75 Å². The van der Waals surface area contributed by atoms with Gasteiger partial charge in [0.15, 0.2) is 0 Å². The van der Waals surface area contributed by atoms with Gasteiger partial charge in [-0.1, -0.05) is 26.0 Å². The first kappa shape index (κ1) is 12.0. The van der Waals surface area contributed by atoms with Crippen molar-refractivity contribution in [3.63, 3.8) is 0 Å². The van der Waals surface area contributed by atoms with E-state index in [1.165, 1.54) is 29.1 Å². The molecule has 0 unspecified atom stereocenters. The predicted molar refractivity (Wildman–Crippen MR) is 71.9 cm³/mol. The van der Waals surface area contributed by atoms with Crippen LogP contribution in [-0.4, -0.2) is 11.8 Å². The van der Waals surface area contributed by atoms with E-state index in [4.69, 9.17) is 0 Å². The van der Waals surface area contributed by atoms with Crippen molar-refractivity contribution in [1.29, 1.82) is 0 Å². The third-order valence-electron chi connectivity index (χ3n) is 2.65. The lowest BCUT2D eigenvalue weighted by Gasteiger charge is -2.07. The van der Waals surface area contributed by atoms with Gasteiger partial charge in [-0.3, -0.25) is 0 Å². The molecule has 88 valence electrons. The Labute approximate surface area is 103 Å². The first-order valence-electron chi connectivity index (χ1n) is 6.19. The zero-order chi connectivity index (χ0) is 11.4. The summed E-state index contributed by atoms with van der Waals surface area (Å²) < 4.78 is 0. The van der Waals surface area contributed by atoms with Crippen LogP contribution in [0.1, 0.15) is 32.3 Å². The van der Waals surface area contributed by atoms with Crippen LogP contribution in [0.15, 0.2) is 29.2 Å². The van der Waals surface area contributed by atoms with E-state index in [2.05, 4.69) is 43.4 Å². The van der Waals surface area contributed by atoms with Gasteiger partial charge >= 0.3 is 0 Å². The summed E-state index contributed by atoms with van der Waals surface area (Å²) >= 11 is 1.96. The van der Waals surface area contributed by atoms with Crippen LogP contribution in [0.4, 0.5) is 0 Å². The molecule has 0 spiro atoms. The highest BCUT2D eigenvalue weighted by atomic mass is 32.2. The summed E-state index contributed by atoms with van der Waals surface area (Å²) in [4.78, 5) is 1.41. The predicted octanol–water partition coefficient (Wildman–Crippen LogP) is 3.69. The molecule has 1 nitrogen and oxygen atoms in total. The Hall–Kier alpha value is -0.470. The molecule has 0 bridgehead atoms. The second kappa shape index (κ2) is 5.74. The largest absolute Gasteiger partial charge is 0.310 e. The van der Waals surface area contributed by atoms with Crippen LogP contribution in [-0.2, 0) is 6.54 Å². The Morgan fingerprint density at radius 1 is 1.38 bits per heavy atom. The van der Waals surface area contributed by atoms with Crippen molar-refractivity contribution in [2.24, 2.45) is 5.92 Å². The van der Waals surface area contributed by atoms with E-state index in [0.717, 1.165) is 18.5 Å². The Bertz CT molecular complexity index is 310. The lowest BCUT2D eigenvalue weighted by atomic mass is 10.2. The van der Waals surface area contributed by atoms with E-state index in [1.54, 1.807) is 0 Å². The van der Waals surface area contributed by atoms with Crippen molar-refractivity contribution in [1.82, 2.24) is 5.32 Å². The van der Waals surface area contributed by atoms with E-state index in [9.17, 15) is 0 Å². The highest BCUT2D eigenvalue weighted by molar-refractivity contribution is 7.99. The molecule has 2 heteroatoms. The van der Waals surface area contributed by atoms with Crippen LogP contribution in [0.5, 0.6) is 0 Å². The standard InChI is InChI=1S/C14H21NS/c1-11(2)10-16-14-5-3-4-12(8-14)9-15-13-6-7-13/h3-5,8,11,13,15H,6-7,9-10H2,1-2H3. The minimum atomic E-state index is 0.762. The van der Waals surface area contributed by atoms with Crippen molar-refractivity contribution >= 4 is 11.8 Å². The monoisotopic (exact) mass is 235 g/mol. The van der Waals surface area contributed by atoms with E-state index in [1.807, 2.05) is 11.8 Å². The third-order valence-corrected chi connectivity index (χ3v) is 4.07. The fourth-order valence-electron chi connectivity index (χ4n) is 1.56.